The summed E-state index contributed by atoms with van der Waals surface area (Å²) in [7, 11) is 0. The molecule has 0 amide bonds. The normalized spacial score (nSPS) is 14.9. The van der Waals surface area contributed by atoms with Crippen LogP contribution in [-0.2, 0) is 0 Å². The molecule has 6 heteroatoms. The standard InChI is InChI=1S/C15H23N5S/c1-9(2)6-7-20(11-4-5-11)13-12-8-10(3)21-14(12)18-15(17-13)19-16/h8-9,11H,4-7,16H2,1-3H3,(H,17,18,19). The fraction of sp³-hybridized carbons (Fsp3) is 0.600. The number of nitrogens with two attached hydrogens (primary N) is 1. The molecule has 2 aromatic heterocycles. The molecule has 21 heavy (non-hydrogen) atoms. The summed E-state index contributed by atoms with van der Waals surface area (Å²) in [4.78, 5) is 13.9. The monoisotopic (exact) mass is 305 g/mol. The smallest absolute Gasteiger partial charge is 0.240 e. The minimum Gasteiger partial charge on any atom is -0.353 e. The predicted octanol–water partition coefficient (Wildman–Crippen LogP) is 3.30. The molecule has 1 fully saturated rings. The summed E-state index contributed by atoms with van der Waals surface area (Å²) in [5, 5.41) is 1.16. The third kappa shape index (κ3) is 3.11. The zero-order valence-electron chi connectivity index (χ0n) is 12.9. The van der Waals surface area contributed by atoms with Gasteiger partial charge in [-0.2, -0.15) is 4.98 Å². The fourth-order valence-electron chi connectivity index (χ4n) is 2.56. The molecule has 5 nitrogen and oxygen atoms in total. The second-order valence-electron chi connectivity index (χ2n) is 6.20. The summed E-state index contributed by atoms with van der Waals surface area (Å²) in [6, 6.07) is 2.83. The number of nitrogens with one attached hydrogen (secondary N) is 1. The van der Waals surface area contributed by atoms with Crippen molar-refractivity contribution in [2.75, 3.05) is 16.9 Å². The van der Waals surface area contributed by atoms with Crippen molar-refractivity contribution in [1.29, 1.82) is 0 Å². The zero-order chi connectivity index (χ0) is 15.0. The van der Waals surface area contributed by atoms with Crippen LogP contribution in [0.1, 0.15) is 38.0 Å². The molecule has 1 saturated carbocycles. The SMILES string of the molecule is Cc1cc2c(N(CCC(C)C)C3CC3)nc(NN)nc2s1. The first-order valence-electron chi connectivity index (χ1n) is 7.60. The Morgan fingerprint density at radius 1 is 1.43 bits per heavy atom. The van der Waals surface area contributed by atoms with Crippen LogP contribution in [0.2, 0.25) is 0 Å². The Hall–Kier alpha value is -1.40. The molecule has 0 spiro atoms. The molecule has 1 aliphatic carbocycles. The Morgan fingerprint density at radius 2 is 2.19 bits per heavy atom. The van der Waals surface area contributed by atoms with E-state index in [1.165, 1.54) is 24.1 Å². The van der Waals surface area contributed by atoms with Crippen LogP contribution in [0.5, 0.6) is 0 Å². The van der Waals surface area contributed by atoms with Crippen molar-refractivity contribution in [2.45, 2.75) is 46.1 Å². The highest BCUT2D eigenvalue weighted by atomic mass is 32.1. The molecule has 2 aromatic rings. The van der Waals surface area contributed by atoms with E-state index in [2.05, 4.69) is 47.1 Å². The number of fused-ring (bicyclic) bond motifs is 1. The number of hydrogen-bond donors (Lipinski definition) is 2. The first-order valence-corrected chi connectivity index (χ1v) is 8.41. The van der Waals surface area contributed by atoms with Gasteiger partial charge in [-0.15, -0.1) is 11.3 Å². The van der Waals surface area contributed by atoms with Crippen molar-refractivity contribution in [3.63, 3.8) is 0 Å². The number of rotatable bonds is 6. The van der Waals surface area contributed by atoms with Crippen LogP contribution in [0.3, 0.4) is 0 Å². The molecule has 3 N–H and O–H groups in total. The Morgan fingerprint density at radius 3 is 2.81 bits per heavy atom. The summed E-state index contributed by atoms with van der Waals surface area (Å²) in [6.07, 6.45) is 3.70. The van der Waals surface area contributed by atoms with Gasteiger partial charge in [0.05, 0.1) is 5.39 Å². The van der Waals surface area contributed by atoms with Crippen molar-refractivity contribution in [1.82, 2.24) is 9.97 Å². The van der Waals surface area contributed by atoms with E-state index < -0.39 is 0 Å². The summed E-state index contributed by atoms with van der Waals surface area (Å²) in [6.45, 7) is 7.69. The van der Waals surface area contributed by atoms with E-state index in [0.717, 1.165) is 22.6 Å². The van der Waals surface area contributed by atoms with Gasteiger partial charge in [0.15, 0.2) is 0 Å². The molecule has 0 unspecified atom stereocenters. The average Bonchev–Trinajstić information content (AvgIpc) is 3.19. The number of aryl methyl sites for hydroxylation is 1. The number of hydrazine groups is 1. The minimum absolute atomic E-state index is 0.509. The minimum atomic E-state index is 0.509. The summed E-state index contributed by atoms with van der Waals surface area (Å²) in [5.41, 5.74) is 2.61. The first-order chi connectivity index (χ1) is 10.1. The highest BCUT2D eigenvalue weighted by Gasteiger charge is 2.31. The summed E-state index contributed by atoms with van der Waals surface area (Å²) < 4.78 is 0. The van der Waals surface area contributed by atoms with Crippen molar-refractivity contribution in [3.05, 3.63) is 10.9 Å². The highest BCUT2D eigenvalue weighted by molar-refractivity contribution is 7.18. The van der Waals surface area contributed by atoms with Gasteiger partial charge >= 0.3 is 0 Å². The highest BCUT2D eigenvalue weighted by Crippen LogP contribution is 2.37. The second kappa shape index (κ2) is 5.77. The molecule has 0 radical (unpaired) electrons. The van der Waals surface area contributed by atoms with Crippen LogP contribution in [0.15, 0.2) is 6.07 Å². The maximum atomic E-state index is 5.54. The lowest BCUT2D eigenvalue weighted by Gasteiger charge is -2.25. The molecule has 2 heterocycles. The lowest BCUT2D eigenvalue weighted by Crippen LogP contribution is -2.29. The third-order valence-corrected chi connectivity index (χ3v) is 4.78. The average molecular weight is 305 g/mol. The van der Waals surface area contributed by atoms with Gasteiger partial charge in [0, 0.05) is 17.5 Å². The number of nitrogens with zero attached hydrogens (tertiary/aromatic N) is 3. The van der Waals surface area contributed by atoms with Crippen LogP contribution in [-0.4, -0.2) is 22.6 Å². The third-order valence-electron chi connectivity index (χ3n) is 3.83. The Labute approximate surface area is 129 Å². The van der Waals surface area contributed by atoms with E-state index in [-0.39, 0.29) is 0 Å². The number of thiophene rings is 1. The maximum Gasteiger partial charge on any atom is 0.240 e. The molecular formula is C15H23N5S. The van der Waals surface area contributed by atoms with Crippen molar-refractivity contribution < 1.29 is 0 Å². The van der Waals surface area contributed by atoms with Gasteiger partial charge in [-0.3, -0.25) is 5.43 Å². The summed E-state index contributed by atoms with van der Waals surface area (Å²) >= 11 is 1.70. The van der Waals surface area contributed by atoms with Gasteiger partial charge in [0.2, 0.25) is 5.95 Å². The molecule has 114 valence electrons. The van der Waals surface area contributed by atoms with E-state index >= 15 is 0 Å². The zero-order valence-corrected chi connectivity index (χ0v) is 13.7. The van der Waals surface area contributed by atoms with Crippen LogP contribution < -0.4 is 16.2 Å². The first kappa shape index (κ1) is 14.5. The molecular weight excluding hydrogens is 282 g/mol. The van der Waals surface area contributed by atoms with Crippen molar-refractivity contribution >= 4 is 33.3 Å². The molecule has 0 aromatic carbocycles. The van der Waals surface area contributed by atoms with Gasteiger partial charge < -0.3 is 4.90 Å². The van der Waals surface area contributed by atoms with Crippen molar-refractivity contribution in [2.24, 2.45) is 11.8 Å². The van der Waals surface area contributed by atoms with E-state index in [1.807, 2.05) is 0 Å². The van der Waals surface area contributed by atoms with Crippen LogP contribution >= 0.6 is 11.3 Å². The number of aromatic nitrogens is 2. The predicted molar refractivity (Wildman–Crippen MR) is 89.8 cm³/mol. The fourth-order valence-corrected chi connectivity index (χ4v) is 3.43. The van der Waals surface area contributed by atoms with Crippen LogP contribution in [0, 0.1) is 12.8 Å². The Balaban J connectivity index is 2.02. The van der Waals surface area contributed by atoms with Gasteiger partial charge in [-0.25, -0.2) is 10.8 Å². The van der Waals surface area contributed by atoms with E-state index in [0.29, 0.717) is 17.9 Å². The number of nitrogen functional groups attached to an aromatic ring is 1. The van der Waals surface area contributed by atoms with Gasteiger partial charge in [-0.1, -0.05) is 13.8 Å². The van der Waals surface area contributed by atoms with Crippen LogP contribution in [0.4, 0.5) is 11.8 Å². The topological polar surface area (TPSA) is 67.1 Å². The molecule has 0 aliphatic heterocycles. The largest absolute Gasteiger partial charge is 0.353 e. The lowest BCUT2D eigenvalue weighted by molar-refractivity contribution is 0.569. The van der Waals surface area contributed by atoms with Gasteiger partial charge in [0.25, 0.3) is 0 Å². The molecule has 0 atom stereocenters. The molecule has 3 rings (SSSR count). The Bertz CT molecular complexity index is 632. The number of hydrogen-bond acceptors (Lipinski definition) is 6. The Kier molecular flexibility index (Phi) is 3.99. The molecule has 0 saturated heterocycles. The number of anilines is 2. The summed E-state index contributed by atoms with van der Waals surface area (Å²) in [5.74, 6) is 7.79. The van der Waals surface area contributed by atoms with Gasteiger partial charge in [-0.05, 0) is 38.2 Å². The molecule has 1 aliphatic rings. The van der Waals surface area contributed by atoms with E-state index in [4.69, 9.17) is 5.84 Å². The second-order valence-corrected chi connectivity index (χ2v) is 7.43. The van der Waals surface area contributed by atoms with E-state index in [1.54, 1.807) is 11.3 Å². The lowest BCUT2D eigenvalue weighted by atomic mass is 10.1. The van der Waals surface area contributed by atoms with Crippen LogP contribution in [0.25, 0.3) is 10.2 Å². The quantitative estimate of drug-likeness (QED) is 0.633. The van der Waals surface area contributed by atoms with E-state index in [9.17, 15) is 0 Å². The maximum absolute atomic E-state index is 5.54. The van der Waals surface area contributed by atoms with Gasteiger partial charge in [0.1, 0.15) is 10.6 Å². The molecule has 0 bridgehead atoms. The van der Waals surface area contributed by atoms with Crippen molar-refractivity contribution in [3.8, 4) is 0 Å².